The van der Waals surface area contributed by atoms with Gasteiger partial charge in [-0.1, -0.05) is 0 Å². The molecule has 0 spiro atoms. The van der Waals surface area contributed by atoms with E-state index in [4.69, 9.17) is 0 Å². The average molecular weight is 317 g/mol. The van der Waals surface area contributed by atoms with Gasteiger partial charge in [0, 0.05) is 6.07 Å². The molecule has 0 aromatic heterocycles. The van der Waals surface area contributed by atoms with Gasteiger partial charge in [0.25, 0.3) is 5.69 Å². The van der Waals surface area contributed by atoms with Crippen LogP contribution in [-0.2, 0) is 9.59 Å². The van der Waals surface area contributed by atoms with E-state index in [0.29, 0.717) is 0 Å². The molecule has 94 valence electrons. The van der Waals surface area contributed by atoms with E-state index < -0.39 is 22.3 Å². The van der Waals surface area contributed by atoms with E-state index in [1.54, 1.807) is 0 Å². The van der Waals surface area contributed by atoms with Gasteiger partial charge in [-0.3, -0.25) is 19.7 Å². The van der Waals surface area contributed by atoms with Gasteiger partial charge in [0.05, 0.1) is 34.1 Å². The van der Waals surface area contributed by atoms with Gasteiger partial charge in [-0.25, -0.2) is 4.39 Å². The third kappa shape index (κ3) is 2.10. The van der Waals surface area contributed by atoms with Crippen LogP contribution in [0.15, 0.2) is 16.6 Å². The Kier molecular flexibility index (Phi) is 3.12. The molecule has 2 rings (SSSR count). The van der Waals surface area contributed by atoms with E-state index in [-0.39, 0.29) is 28.9 Å². The van der Waals surface area contributed by atoms with Crippen LogP contribution in [0, 0.1) is 15.9 Å². The number of ketones is 1. The first-order valence-corrected chi connectivity index (χ1v) is 5.65. The molecule has 1 aromatic carbocycles. The molecule has 0 radical (unpaired) electrons. The molecule has 8 heteroatoms. The molecule has 0 aliphatic carbocycles. The van der Waals surface area contributed by atoms with Gasteiger partial charge in [-0.2, -0.15) is 0 Å². The third-order valence-corrected chi connectivity index (χ3v) is 3.07. The normalized spacial score (nSPS) is 15.3. The van der Waals surface area contributed by atoms with E-state index in [0.717, 1.165) is 17.0 Å². The van der Waals surface area contributed by atoms with Crippen LogP contribution in [0.4, 0.5) is 15.8 Å². The lowest BCUT2D eigenvalue weighted by molar-refractivity contribution is -0.385. The molecule has 1 amide bonds. The van der Waals surface area contributed by atoms with Gasteiger partial charge < -0.3 is 4.90 Å². The zero-order valence-electron chi connectivity index (χ0n) is 8.85. The Hall–Kier alpha value is -1.83. The van der Waals surface area contributed by atoms with Crippen LogP contribution in [-0.4, -0.2) is 23.2 Å². The fourth-order valence-electron chi connectivity index (χ4n) is 1.70. The van der Waals surface area contributed by atoms with Crippen LogP contribution in [0.25, 0.3) is 0 Å². The quantitative estimate of drug-likeness (QED) is 0.473. The molecule has 1 aliphatic heterocycles. The SMILES string of the molecule is O=C1CC(=O)N(c2c(F)cc([N+](=O)[O-])cc2Br)C1. The standard InChI is InChI=1S/C10H6BrFN2O4/c11-7-1-5(14(17)18)2-8(12)10(7)13-4-6(15)3-9(13)16/h1-2H,3-4H2. The lowest BCUT2D eigenvalue weighted by Crippen LogP contribution is -2.26. The maximum Gasteiger partial charge on any atom is 0.273 e. The van der Waals surface area contributed by atoms with Crippen molar-refractivity contribution in [3.63, 3.8) is 0 Å². The minimum absolute atomic E-state index is 0.0669. The average Bonchev–Trinajstić information content (AvgIpc) is 2.56. The zero-order valence-corrected chi connectivity index (χ0v) is 10.4. The maximum absolute atomic E-state index is 13.8. The summed E-state index contributed by atoms with van der Waals surface area (Å²) < 4.78 is 13.9. The minimum Gasteiger partial charge on any atom is -0.301 e. The molecular formula is C10H6BrFN2O4. The van der Waals surface area contributed by atoms with E-state index in [9.17, 15) is 24.1 Å². The van der Waals surface area contributed by atoms with Gasteiger partial charge in [0.2, 0.25) is 5.91 Å². The number of carbonyl (C=O) groups excluding carboxylic acids is 2. The molecule has 0 unspecified atom stereocenters. The third-order valence-electron chi connectivity index (χ3n) is 2.47. The van der Waals surface area contributed by atoms with Crippen LogP contribution in [0.5, 0.6) is 0 Å². The number of nitro groups is 1. The number of hydrogen-bond acceptors (Lipinski definition) is 4. The summed E-state index contributed by atoms with van der Waals surface area (Å²) in [5.41, 5.74) is -0.572. The van der Waals surface area contributed by atoms with Crippen molar-refractivity contribution < 1.29 is 18.9 Å². The molecule has 1 fully saturated rings. The van der Waals surface area contributed by atoms with Crippen molar-refractivity contribution in [1.82, 2.24) is 0 Å². The summed E-state index contributed by atoms with van der Waals surface area (Å²) in [7, 11) is 0. The fraction of sp³-hybridized carbons (Fsp3) is 0.200. The molecule has 6 nitrogen and oxygen atoms in total. The first kappa shape index (κ1) is 12.6. The summed E-state index contributed by atoms with van der Waals surface area (Å²) in [6.07, 6.45) is -0.275. The molecule has 0 N–H and O–H groups in total. The Balaban J connectivity index is 2.49. The van der Waals surface area contributed by atoms with E-state index >= 15 is 0 Å². The van der Waals surface area contributed by atoms with Gasteiger partial charge in [-0.15, -0.1) is 0 Å². The minimum atomic E-state index is -0.917. The highest BCUT2D eigenvalue weighted by atomic mass is 79.9. The molecule has 1 heterocycles. The Morgan fingerprint density at radius 2 is 2.06 bits per heavy atom. The molecular weight excluding hydrogens is 311 g/mol. The maximum atomic E-state index is 13.8. The number of carbonyl (C=O) groups is 2. The van der Waals surface area contributed by atoms with Crippen molar-refractivity contribution in [1.29, 1.82) is 0 Å². The van der Waals surface area contributed by atoms with Crippen LogP contribution >= 0.6 is 15.9 Å². The highest BCUT2D eigenvalue weighted by Gasteiger charge is 2.32. The first-order valence-electron chi connectivity index (χ1n) is 4.85. The van der Waals surface area contributed by atoms with E-state index in [1.807, 2.05) is 0 Å². The smallest absolute Gasteiger partial charge is 0.273 e. The van der Waals surface area contributed by atoms with Gasteiger partial charge in [0.15, 0.2) is 11.6 Å². The predicted octanol–water partition coefficient (Wildman–Crippen LogP) is 1.80. The highest BCUT2D eigenvalue weighted by molar-refractivity contribution is 9.10. The second kappa shape index (κ2) is 4.45. The van der Waals surface area contributed by atoms with E-state index in [1.165, 1.54) is 0 Å². The van der Waals surface area contributed by atoms with Crippen molar-refractivity contribution in [2.24, 2.45) is 0 Å². The summed E-state index contributed by atoms with van der Waals surface area (Å²) in [6.45, 7) is -0.216. The number of Topliss-reactive ketones (excluding diaryl/α,β-unsaturated/α-hetero) is 1. The molecule has 1 aliphatic rings. The lowest BCUT2D eigenvalue weighted by atomic mass is 10.2. The van der Waals surface area contributed by atoms with Crippen LogP contribution in [0.2, 0.25) is 0 Å². The number of benzene rings is 1. The van der Waals surface area contributed by atoms with Crippen LogP contribution in [0.1, 0.15) is 6.42 Å². The molecule has 0 saturated carbocycles. The van der Waals surface area contributed by atoms with Crippen molar-refractivity contribution in [2.45, 2.75) is 6.42 Å². The highest BCUT2D eigenvalue weighted by Crippen LogP contribution is 2.35. The largest absolute Gasteiger partial charge is 0.301 e. The summed E-state index contributed by atoms with van der Waals surface area (Å²) in [5, 5.41) is 10.5. The summed E-state index contributed by atoms with van der Waals surface area (Å²) >= 11 is 2.97. The van der Waals surface area contributed by atoms with Gasteiger partial charge in [-0.05, 0) is 15.9 Å². The molecule has 0 bridgehead atoms. The molecule has 0 atom stereocenters. The Morgan fingerprint density at radius 3 is 2.50 bits per heavy atom. The van der Waals surface area contributed by atoms with Gasteiger partial charge >= 0.3 is 0 Å². The fourth-order valence-corrected chi connectivity index (χ4v) is 2.34. The van der Waals surface area contributed by atoms with Crippen LogP contribution in [0.3, 0.4) is 0 Å². The molecule has 1 aromatic rings. The van der Waals surface area contributed by atoms with Crippen molar-refractivity contribution in [3.8, 4) is 0 Å². The zero-order chi connectivity index (χ0) is 13.4. The second-order valence-corrected chi connectivity index (χ2v) is 4.56. The predicted molar refractivity (Wildman–Crippen MR) is 62.7 cm³/mol. The monoisotopic (exact) mass is 316 g/mol. The van der Waals surface area contributed by atoms with Crippen molar-refractivity contribution >= 4 is 39.0 Å². The Labute approximate surface area is 109 Å². The van der Waals surface area contributed by atoms with E-state index in [2.05, 4.69) is 15.9 Å². The van der Waals surface area contributed by atoms with Crippen molar-refractivity contribution in [3.05, 3.63) is 32.5 Å². The number of nitro benzene ring substituents is 1. The molecule has 1 saturated heterocycles. The Bertz CT molecular complexity index is 552. The molecule has 18 heavy (non-hydrogen) atoms. The number of non-ortho nitro benzene ring substituents is 1. The number of hydrogen-bond donors (Lipinski definition) is 0. The van der Waals surface area contributed by atoms with Crippen molar-refractivity contribution in [2.75, 3.05) is 11.4 Å². The topological polar surface area (TPSA) is 80.5 Å². The lowest BCUT2D eigenvalue weighted by Gasteiger charge is -2.17. The second-order valence-electron chi connectivity index (χ2n) is 3.71. The van der Waals surface area contributed by atoms with Gasteiger partial charge in [0.1, 0.15) is 0 Å². The summed E-state index contributed by atoms with van der Waals surface area (Å²) in [4.78, 5) is 33.4. The Morgan fingerprint density at radius 1 is 1.39 bits per heavy atom. The van der Waals surface area contributed by atoms with Crippen LogP contribution < -0.4 is 4.90 Å². The summed E-state index contributed by atoms with van der Waals surface area (Å²) in [5.74, 6) is -1.75. The first-order chi connectivity index (χ1) is 8.40. The number of rotatable bonds is 2. The summed E-state index contributed by atoms with van der Waals surface area (Å²) in [6, 6.07) is 1.81. The number of amides is 1. The number of anilines is 1. The number of halogens is 2. The number of nitrogens with zero attached hydrogens (tertiary/aromatic N) is 2.